The average molecular weight is 140 g/mol. The molecule has 0 N–H and O–H groups in total. The maximum atomic E-state index is 9.73. The molecule has 0 atom stereocenters. The van der Waals surface area contributed by atoms with Gasteiger partial charge >= 0.3 is 9.24 Å². The van der Waals surface area contributed by atoms with E-state index in [0.717, 1.165) is 0 Å². The van der Waals surface area contributed by atoms with Gasteiger partial charge in [-0.15, -0.1) is 4.40 Å². The van der Waals surface area contributed by atoms with E-state index >= 15 is 0 Å². The van der Waals surface area contributed by atoms with Crippen LogP contribution in [0.3, 0.4) is 0 Å². The first-order valence-electron chi connectivity index (χ1n) is 1.25. The first kappa shape index (κ1) is 6.69. The van der Waals surface area contributed by atoms with Gasteiger partial charge in [-0.2, -0.15) is 8.42 Å². The van der Waals surface area contributed by atoms with E-state index in [9.17, 15) is 8.42 Å². The van der Waals surface area contributed by atoms with E-state index in [4.69, 9.17) is 0 Å². The first-order valence-corrected chi connectivity index (χ1v) is 3.51. The van der Waals surface area contributed by atoms with Crippen LogP contribution < -0.4 is 0 Å². The van der Waals surface area contributed by atoms with Gasteiger partial charge in [0.05, 0.1) is 0 Å². The predicted octanol–water partition coefficient (Wildman–Crippen LogP) is 0.326. The number of rotatable bonds is 1. The van der Waals surface area contributed by atoms with Crippen molar-refractivity contribution < 1.29 is 8.42 Å². The Morgan fingerprint density at radius 3 is 2.14 bits per heavy atom. The van der Waals surface area contributed by atoms with E-state index in [1.165, 1.54) is 0 Å². The molecule has 0 aliphatic carbocycles. The third-order valence-corrected chi connectivity index (χ3v) is 0.728. The quantitative estimate of drug-likeness (QED) is 0.388. The summed E-state index contributed by atoms with van der Waals surface area (Å²) in [7, 11) is 0.786. The minimum absolute atomic E-state index is 1.76. The van der Waals surface area contributed by atoms with Crippen molar-refractivity contribution in [1.82, 2.24) is 0 Å². The molecule has 0 heterocycles. The van der Waals surface area contributed by atoms with Crippen molar-refractivity contribution in [2.75, 3.05) is 0 Å². The van der Waals surface area contributed by atoms with Crippen LogP contribution in [0.5, 0.6) is 0 Å². The van der Waals surface area contributed by atoms with Crippen LogP contribution in [0.2, 0.25) is 0 Å². The molecule has 40 valence electrons. The van der Waals surface area contributed by atoms with Crippen molar-refractivity contribution in [1.29, 1.82) is 0 Å². The minimum atomic E-state index is -3.75. The minimum Gasteiger partial charge on any atom is -0.186 e. The van der Waals surface area contributed by atoms with Gasteiger partial charge in [-0.05, 0) is 12.4 Å². The standard InChI is InChI=1S/C2H2ClNO2S/c1-2-4-7(3,5)6/h1H2. The molecule has 0 radical (unpaired) electrons. The molecular weight excluding hydrogens is 138 g/mol. The van der Waals surface area contributed by atoms with E-state index in [-0.39, 0.29) is 0 Å². The second-order valence-corrected chi connectivity index (χ2v) is 2.84. The van der Waals surface area contributed by atoms with Crippen molar-refractivity contribution in [3.05, 3.63) is 6.58 Å². The Morgan fingerprint density at radius 2 is 2.14 bits per heavy atom. The molecule has 0 aromatic rings. The summed E-state index contributed by atoms with van der Waals surface area (Å²) in [6.07, 6.45) is 0. The maximum absolute atomic E-state index is 9.73. The topological polar surface area (TPSA) is 46.5 Å². The monoisotopic (exact) mass is 139 g/mol. The second-order valence-electron chi connectivity index (χ2n) is 0.662. The summed E-state index contributed by atoms with van der Waals surface area (Å²) in [5.41, 5.74) is 0. The van der Waals surface area contributed by atoms with Crippen LogP contribution in [-0.4, -0.2) is 14.3 Å². The highest BCUT2D eigenvalue weighted by molar-refractivity contribution is 8.12. The molecule has 0 saturated heterocycles. The van der Waals surface area contributed by atoms with Crippen LogP contribution in [0.15, 0.2) is 11.0 Å². The van der Waals surface area contributed by atoms with Crippen LogP contribution in [-0.2, 0) is 9.24 Å². The molecule has 3 nitrogen and oxygen atoms in total. The lowest BCUT2D eigenvalue weighted by Gasteiger charge is -1.70. The summed E-state index contributed by atoms with van der Waals surface area (Å²) < 4.78 is 22.1. The fourth-order valence-corrected chi connectivity index (χ4v) is 0.378. The zero-order valence-electron chi connectivity index (χ0n) is 3.26. The lowest BCUT2D eigenvalue weighted by molar-refractivity contribution is 0.611. The Hall–Kier alpha value is -0.310. The largest absolute Gasteiger partial charge is 0.347 e. The van der Waals surface area contributed by atoms with Gasteiger partial charge in [-0.3, -0.25) is 0 Å². The van der Waals surface area contributed by atoms with Gasteiger partial charge in [-0.25, -0.2) is 0 Å². The zero-order valence-corrected chi connectivity index (χ0v) is 4.83. The molecule has 0 aromatic heterocycles. The SMILES string of the molecule is C=C=NS(=O)(=O)Cl. The van der Waals surface area contributed by atoms with Crippen molar-refractivity contribution in [3.63, 3.8) is 0 Å². The van der Waals surface area contributed by atoms with Gasteiger partial charge in [0.15, 0.2) is 0 Å². The van der Waals surface area contributed by atoms with E-state index < -0.39 is 9.24 Å². The Morgan fingerprint density at radius 1 is 1.71 bits per heavy atom. The van der Waals surface area contributed by atoms with Crippen molar-refractivity contribution >= 4 is 25.8 Å². The normalized spacial score (nSPS) is 9.86. The third-order valence-electron chi connectivity index (χ3n) is 0.174. The lowest BCUT2D eigenvalue weighted by Crippen LogP contribution is -1.76. The number of nitrogens with zero attached hydrogens (tertiary/aromatic N) is 1. The molecule has 5 heteroatoms. The van der Waals surface area contributed by atoms with E-state index in [2.05, 4.69) is 21.7 Å². The molecule has 0 rings (SSSR count). The number of hydrogen-bond donors (Lipinski definition) is 0. The molecule has 0 saturated carbocycles. The Bertz CT molecular complexity index is 188. The highest BCUT2D eigenvalue weighted by Crippen LogP contribution is 1.93. The summed E-state index contributed by atoms with van der Waals surface area (Å²) >= 11 is 0. The van der Waals surface area contributed by atoms with Gasteiger partial charge in [0.1, 0.15) is 0 Å². The molecule has 0 aliphatic heterocycles. The van der Waals surface area contributed by atoms with Crippen molar-refractivity contribution in [2.24, 2.45) is 4.40 Å². The van der Waals surface area contributed by atoms with Gasteiger partial charge in [-0.1, -0.05) is 0 Å². The summed E-state index contributed by atoms with van der Waals surface area (Å²) in [5, 5.41) is 0. The fourth-order valence-electron chi connectivity index (χ4n) is 0.0771. The molecule has 0 unspecified atom stereocenters. The summed E-state index contributed by atoms with van der Waals surface area (Å²) in [5.74, 6) is 1.76. The lowest BCUT2D eigenvalue weighted by atomic mass is 11.2. The summed E-state index contributed by atoms with van der Waals surface area (Å²) in [6, 6.07) is 0. The molecule has 7 heavy (non-hydrogen) atoms. The highest BCUT2D eigenvalue weighted by atomic mass is 35.7. The Balaban J connectivity index is 4.44. The van der Waals surface area contributed by atoms with E-state index in [1.54, 1.807) is 5.87 Å². The van der Waals surface area contributed by atoms with Gasteiger partial charge in [0.25, 0.3) is 0 Å². The third kappa shape index (κ3) is 5.69. The summed E-state index contributed by atoms with van der Waals surface area (Å²) in [4.78, 5) is 0. The van der Waals surface area contributed by atoms with E-state index in [0.29, 0.717) is 0 Å². The molecular formula is C2H2ClNO2S. The Labute approximate surface area is 45.9 Å². The molecule has 0 bridgehead atoms. The Kier molecular flexibility index (Phi) is 2.02. The van der Waals surface area contributed by atoms with Crippen molar-refractivity contribution in [3.8, 4) is 0 Å². The van der Waals surface area contributed by atoms with Crippen LogP contribution in [0.25, 0.3) is 0 Å². The maximum Gasteiger partial charge on any atom is 0.347 e. The predicted molar refractivity (Wildman–Crippen MR) is 27.8 cm³/mol. The first-order chi connectivity index (χ1) is 3.06. The second kappa shape index (κ2) is 2.12. The van der Waals surface area contributed by atoms with Gasteiger partial charge in [0, 0.05) is 10.7 Å². The smallest absolute Gasteiger partial charge is 0.186 e. The molecule has 0 aliphatic rings. The van der Waals surface area contributed by atoms with Crippen molar-refractivity contribution in [2.45, 2.75) is 0 Å². The highest BCUT2D eigenvalue weighted by Gasteiger charge is 1.93. The van der Waals surface area contributed by atoms with Crippen LogP contribution >= 0.6 is 10.7 Å². The fraction of sp³-hybridized carbons (Fsp3) is 0. The molecule has 0 fully saturated rings. The van der Waals surface area contributed by atoms with Gasteiger partial charge in [0.2, 0.25) is 0 Å². The molecule has 0 aromatic carbocycles. The van der Waals surface area contributed by atoms with Crippen LogP contribution in [0.4, 0.5) is 0 Å². The van der Waals surface area contributed by atoms with E-state index in [1.807, 2.05) is 0 Å². The molecule has 0 spiro atoms. The van der Waals surface area contributed by atoms with Crippen LogP contribution in [0.1, 0.15) is 0 Å². The zero-order chi connectivity index (χ0) is 5.91. The average Bonchev–Trinajstić information content (AvgIpc) is 1.30. The number of halogens is 1. The van der Waals surface area contributed by atoms with Crippen LogP contribution in [0, 0.1) is 0 Å². The molecule has 0 amide bonds. The van der Waals surface area contributed by atoms with Gasteiger partial charge < -0.3 is 0 Å². The summed E-state index contributed by atoms with van der Waals surface area (Å²) in [6.45, 7) is 2.89. The number of hydrogen-bond acceptors (Lipinski definition) is 2.